The van der Waals surface area contributed by atoms with Crippen LogP contribution in [0.3, 0.4) is 0 Å². The van der Waals surface area contributed by atoms with Crippen LogP contribution in [0, 0.1) is 0 Å². The molecule has 0 bridgehead atoms. The number of nitrogens with zero attached hydrogens (tertiary/aromatic N) is 1. The number of amides is 1. The molecule has 17 heavy (non-hydrogen) atoms. The molecule has 0 aromatic rings. The van der Waals surface area contributed by atoms with Crippen LogP contribution in [0.2, 0.25) is 0 Å². The second-order valence-electron chi connectivity index (χ2n) is 4.93. The third-order valence-corrected chi connectivity index (χ3v) is 3.12. The number of carbonyl (C=O) groups is 1. The summed E-state index contributed by atoms with van der Waals surface area (Å²) >= 11 is 0. The Kier molecular flexibility index (Phi) is 5.92. The van der Waals surface area contributed by atoms with Crippen molar-refractivity contribution in [2.24, 2.45) is 0 Å². The van der Waals surface area contributed by atoms with Gasteiger partial charge in [0.1, 0.15) is 0 Å². The Balaban J connectivity index is 2.54. The lowest BCUT2D eigenvalue weighted by molar-refractivity contribution is -0.133. The first-order valence-electron chi connectivity index (χ1n) is 6.52. The van der Waals surface area contributed by atoms with E-state index in [0.717, 1.165) is 12.8 Å². The lowest BCUT2D eigenvalue weighted by Gasteiger charge is -2.25. The third-order valence-electron chi connectivity index (χ3n) is 3.12. The van der Waals surface area contributed by atoms with Crippen molar-refractivity contribution in [3.8, 4) is 0 Å². The Labute approximate surface area is 104 Å². The molecule has 1 amide bonds. The highest BCUT2D eigenvalue weighted by atomic mass is 16.5. The minimum absolute atomic E-state index is 0.163. The molecule has 0 unspecified atom stereocenters. The zero-order valence-electron chi connectivity index (χ0n) is 11.4. The summed E-state index contributed by atoms with van der Waals surface area (Å²) in [5.74, 6) is 0.226. The second kappa shape index (κ2) is 6.97. The molecular weight excluding hydrogens is 218 g/mol. The first kappa shape index (κ1) is 14.5. The molecule has 1 rings (SSSR count). The van der Waals surface area contributed by atoms with E-state index in [1.807, 2.05) is 25.7 Å². The van der Waals surface area contributed by atoms with Gasteiger partial charge in [0, 0.05) is 20.1 Å². The maximum Gasteiger partial charge on any atom is 0.222 e. The van der Waals surface area contributed by atoms with Gasteiger partial charge in [-0.2, -0.15) is 0 Å². The van der Waals surface area contributed by atoms with E-state index < -0.39 is 0 Å². The zero-order chi connectivity index (χ0) is 12.8. The molecule has 4 heteroatoms. The van der Waals surface area contributed by atoms with E-state index in [-0.39, 0.29) is 24.2 Å². The Morgan fingerprint density at radius 2 is 2.18 bits per heavy atom. The van der Waals surface area contributed by atoms with Gasteiger partial charge >= 0.3 is 0 Å². The van der Waals surface area contributed by atoms with Gasteiger partial charge in [0.2, 0.25) is 5.91 Å². The predicted molar refractivity (Wildman–Crippen MR) is 66.9 cm³/mol. The van der Waals surface area contributed by atoms with Crippen LogP contribution in [-0.2, 0) is 14.3 Å². The molecule has 2 atom stereocenters. The molecule has 0 aliphatic carbocycles. The van der Waals surface area contributed by atoms with Crippen molar-refractivity contribution in [2.45, 2.75) is 58.3 Å². The van der Waals surface area contributed by atoms with Crippen LogP contribution in [-0.4, -0.2) is 49.3 Å². The van der Waals surface area contributed by atoms with Gasteiger partial charge in [-0.15, -0.1) is 0 Å². The smallest absolute Gasteiger partial charge is 0.222 e. The number of rotatable bonds is 6. The van der Waals surface area contributed by atoms with E-state index >= 15 is 0 Å². The normalized spacial score (nSPS) is 24.6. The van der Waals surface area contributed by atoms with E-state index in [4.69, 9.17) is 9.47 Å². The van der Waals surface area contributed by atoms with Gasteiger partial charge in [-0.3, -0.25) is 4.79 Å². The summed E-state index contributed by atoms with van der Waals surface area (Å²) in [4.78, 5) is 13.9. The molecule has 1 fully saturated rings. The number of likely N-dealkylation sites (tertiary alicyclic amines) is 1. The number of hydrogen-bond acceptors (Lipinski definition) is 3. The van der Waals surface area contributed by atoms with Crippen molar-refractivity contribution in [2.75, 3.05) is 20.3 Å². The van der Waals surface area contributed by atoms with Gasteiger partial charge in [-0.25, -0.2) is 0 Å². The molecule has 1 aliphatic heterocycles. The summed E-state index contributed by atoms with van der Waals surface area (Å²) in [6.07, 6.45) is 2.77. The lowest BCUT2D eigenvalue weighted by Crippen LogP contribution is -2.38. The van der Waals surface area contributed by atoms with Crippen LogP contribution < -0.4 is 0 Å². The van der Waals surface area contributed by atoms with Gasteiger partial charge in [0.05, 0.1) is 24.9 Å². The van der Waals surface area contributed by atoms with E-state index in [1.54, 1.807) is 7.11 Å². The first-order valence-corrected chi connectivity index (χ1v) is 6.52. The molecular formula is C13H25NO3. The fourth-order valence-electron chi connectivity index (χ4n) is 2.17. The average molecular weight is 243 g/mol. The monoisotopic (exact) mass is 243 g/mol. The number of methoxy groups -OCH3 is 1. The van der Waals surface area contributed by atoms with Crippen molar-refractivity contribution in [1.82, 2.24) is 4.90 Å². The Hall–Kier alpha value is -0.610. The summed E-state index contributed by atoms with van der Waals surface area (Å²) in [6, 6.07) is 0.182. The molecule has 1 heterocycles. The van der Waals surface area contributed by atoms with Crippen LogP contribution >= 0.6 is 0 Å². The Bertz CT molecular complexity index is 243. The maximum absolute atomic E-state index is 12.0. The minimum atomic E-state index is 0.163. The van der Waals surface area contributed by atoms with Crippen molar-refractivity contribution in [1.29, 1.82) is 0 Å². The van der Waals surface area contributed by atoms with Gasteiger partial charge in [-0.05, 0) is 26.7 Å². The minimum Gasteiger partial charge on any atom is -0.380 e. The van der Waals surface area contributed by atoms with E-state index in [9.17, 15) is 4.79 Å². The van der Waals surface area contributed by atoms with Gasteiger partial charge in [-0.1, -0.05) is 6.92 Å². The first-order chi connectivity index (χ1) is 8.08. The topological polar surface area (TPSA) is 38.8 Å². The highest BCUT2D eigenvalue weighted by molar-refractivity contribution is 5.76. The van der Waals surface area contributed by atoms with Crippen LogP contribution in [0.1, 0.15) is 40.0 Å². The standard InChI is InChI=1S/C13H25NO3/c1-5-6-13(15)14-8-12(16-4)7-11(14)9-17-10(2)3/h10-12H,5-9H2,1-4H3/t11-,12+/m0/s1. The van der Waals surface area contributed by atoms with E-state index in [2.05, 4.69) is 0 Å². The summed E-state index contributed by atoms with van der Waals surface area (Å²) in [5.41, 5.74) is 0. The fourth-order valence-corrected chi connectivity index (χ4v) is 2.17. The molecule has 1 saturated heterocycles. The zero-order valence-corrected chi connectivity index (χ0v) is 11.4. The summed E-state index contributed by atoms with van der Waals surface area (Å²) in [7, 11) is 1.71. The van der Waals surface area contributed by atoms with Crippen molar-refractivity contribution in [3.63, 3.8) is 0 Å². The molecule has 100 valence electrons. The van der Waals surface area contributed by atoms with E-state index in [0.29, 0.717) is 19.6 Å². The Morgan fingerprint density at radius 3 is 2.71 bits per heavy atom. The quantitative estimate of drug-likeness (QED) is 0.714. The molecule has 0 aromatic carbocycles. The van der Waals surface area contributed by atoms with Gasteiger partial charge < -0.3 is 14.4 Å². The Morgan fingerprint density at radius 1 is 1.47 bits per heavy atom. The molecule has 0 aromatic heterocycles. The molecule has 0 radical (unpaired) electrons. The molecule has 4 nitrogen and oxygen atoms in total. The van der Waals surface area contributed by atoms with Crippen molar-refractivity contribution >= 4 is 5.91 Å². The molecule has 1 aliphatic rings. The summed E-state index contributed by atoms with van der Waals surface area (Å²) in [6.45, 7) is 7.39. The highest BCUT2D eigenvalue weighted by Gasteiger charge is 2.34. The number of carbonyl (C=O) groups excluding carboxylic acids is 1. The molecule has 0 N–H and O–H groups in total. The number of ether oxygens (including phenoxy) is 2. The SMILES string of the molecule is CCCC(=O)N1C[C@H](OC)C[C@H]1COC(C)C. The average Bonchev–Trinajstić information content (AvgIpc) is 2.70. The van der Waals surface area contributed by atoms with Crippen LogP contribution in [0.15, 0.2) is 0 Å². The third kappa shape index (κ3) is 4.28. The predicted octanol–water partition coefficient (Wildman–Crippen LogP) is 1.83. The van der Waals surface area contributed by atoms with Gasteiger partial charge in [0.15, 0.2) is 0 Å². The largest absolute Gasteiger partial charge is 0.380 e. The highest BCUT2D eigenvalue weighted by Crippen LogP contribution is 2.22. The lowest BCUT2D eigenvalue weighted by atomic mass is 10.2. The van der Waals surface area contributed by atoms with Crippen LogP contribution in [0.5, 0.6) is 0 Å². The fraction of sp³-hybridized carbons (Fsp3) is 0.923. The molecule has 0 spiro atoms. The van der Waals surface area contributed by atoms with Crippen LogP contribution in [0.4, 0.5) is 0 Å². The maximum atomic E-state index is 12.0. The summed E-state index contributed by atoms with van der Waals surface area (Å²) in [5, 5.41) is 0. The van der Waals surface area contributed by atoms with Crippen LogP contribution in [0.25, 0.3) is 0 Å². The van der Waals surface area contributed by atoms with Gasteiger partial charge in [0.25, 0.3) is 0 Å². The molecule has 0 saturated carbocycles. The number of hydrogen-bond donors (Lipinski definition) is 0. The van der Waals surface area contributed by atoms with Crippen molar-refractivity contribution in [3.05, 3.63) is 0 Å². The van der Waals surface area contributed by atoms with E-state index in [1.165, 1.54) is 0 Å². The van der Waals surface area contributed by atoms with Crippen molar-refractivity contribution < 1.29 is 14.3 Å². The second-order valence-corrected chi connectivity index (χ2v) is 4.93. The summed E-state index contributed by atoms with van der Waals surface area (Å²) < 4.78 is 11.0.